The molecule has 0 aliphatic rings. The van der Waals surface area contributed by atoms with E-state index in [1.165, 1.54) is 38.5 Å². The maximum absolute atomic E-state index is 12.8. The zero-order valence-corrected chi connectivity index (χ0v) is 41.4. The molecule has 6 nitrogen and oxygen atoms in total. The number of hydrogen-bond acceptors (Lipinski definition) is 6. The van der Waals surface area contributed by atoms with Crippen LogP contribution >= 0.6 is 0 Å². The first-order valence-electron chi connectivity index (χ1n) is 25.7. The molecule has 0 saturated carbocycles. The predicted molar refractivity (Wildman–Crippen MR) is 279 cm³/mol. The van der Waals surface area contributed by atoms with Gasteiger partial charge >= 0.3 is 17.9 Å². The summed E-state index contributed by atoms with van der Waals surface area (Å²) in [5.41, 5.74) is 0. The molecule has 0 aliphatic carbocycles. The average Bonchev–Trinajstić information content (AvgIpc) is 3.30. The van der Waals surface area contributed by atoms with Crippen LogP contribution in [-0.4, -0.2) is 37.2 Å². The maximum atomic E-state index is 12.8. The van der Waals surface area contributed by atoms with Crippen LogP contribution < -0.4 is 0 Å². The van der Waals surface area contributed by atoms with Crippen LogP contribution in [0.2, 0.25) is 0 Å². The Morgan fingerprint density at radius 1 is 0.323 bits per heavy atom. The molecule has 0 aromatic heterocycles. The van der Waals surface area contributed by atoms with Crippen LogP contribution in [0.4, 0.5) is 0 Å². The molecule has 0 rings (SSSR count). The van der Waals surface area contributed by atoms with E-state index < -0.39 is 6.10 Å². The summed E-state index contributed by atoms with van der Waals surface area (Å²) in [6, 6.07) is 0. The summed E-state index contributed by atoms with van der Waals surface area (Å²) >= 11 is 0. The van der Waals surface area contributed by atoms with E-state index in [1.54, 1.807) is 0 Å². The molecule has 0 fully saturated rings. The lowest BCUT2D eigenvalue weighted by Gasteiger charge is -2.18. The molecule has 65 heavy (non-hydrogen) atoms. The van der Waals surface area contributed by atoms with Gasteiger partial charge in [-0.3, -0.25) is 14.4 Å². The quantitative estimate of drug-likeness (QED) is 0.0262. The summed E-state index contributed by atoms with van der Waals surface area (Å²) in [5.74, 6) is -1.07. The Labute approximate surface area is 398 Å². The van der Waals surface area contributed by atoms with Crippen LogP contribution in [0.15, 0.2) is 134 Å². The number of unbranched alkanes of at least 4 members (excludes halogenated alkanes) is 11. The van der Waals surface area contributed by atoms with Crippen LogP contribution in [-0.2, 0) is 28.6 Å². The lowest BCUT2D eigenvalue weighted by molar-refractivity contribution is -0.167. The number of allylic oxidation sites excluding steroid dienone is 22. The third kappa shape index (κ3) is 50.4. The van der Waals surface area contributed by atoms with E-state index in [2.05, 4.69) is 154 Å². The molecular weight excluding hydrogens is 805 g/mol. The van der Waals surface area contributed by atoms with Crippen molar-refractivity contribution in [2.75, 3.05) is 13.2 Å². The molecule has 0 aromatic rings. The van der Waals surface area contributed by atoms with Gasteiger partial charge in [0.15, 0.2) is 6.10 Å². The summed E-state index contributed by atoms with van der Waals surface area (Å²) in [4.78, 5) is 38.0. The fourth-order valence-electron chi connectivity index (χ4n) is 6.33. The average molecular weight is 897 g/mol. The highest BCUT2D eigenvalue weighted by Gasteiger charge is 2.19. The molecule has 0 heterocycles. The van der Waals surface area contributed by atoms with Gasteiger partial charge in [-0.25, -0.2) is 0 Å². The monoisotopic (exact) mass is 897 g/mol. The molecule has 364 valence electrons. The zero-order valence-electron chi connectivity index (χ0n) is 41.4. The van der Waals surface area contributed by atoms with Crippen LogP contribution in [0.25, 0.3) is 0 Å². The largest absolute Gasteiger partial charge is 0.462 e. The first-order valence-corrected chi connectivity index (χ1v) is 25.7. The topological polar surface area (TPSA) is 78.9 Å². The second kappa shape index (κ2) is 52.2. The number of esters is 3. The van der Waals surface area contributed by atoms with Gasteiger partial charge in [0.05, 0.1) is 0 Å². The highest BCUT2D eigenvalue weighted by atomic mass is 16.6. The van der Waals surface area contributed by atoms with Crippen molar-refractivity contribution in [1.82, 2.24) is 0 Å². The number of ether oxygens (including phenoxy) is 3. The number of rotatable bonds is 44. The van der Waals surface area contributed by atoms with Gasteiger partial charge in [0, 0.05) is 19.3 Å². The fourth-order valence-corrected chi connectivity index (χ4v) is 6.33. The molecule has 1 atom stereocenters. The molecule has 0 aromatic carbocycles. The molecule has 0 saturated heterocycles. The third-order valence-electron chi connectivity index (χ3n) is 10.1. The van der Waals surface area contributed by atoms with E-state index in [1.807, 2.05) is 0 Å². The van der Waals surface area contributed by atoms with Gasteiger partial charge in [-0.2, -0.15) is 0 Å². The van der Waals surface area contributed by atoms with Crippen LogP contribution in [0, 0.1) is 0 Å². The Bertz CT molecular complexity index is 1450. The van der Waals surface area contributed by atoms with E-state index >= 15 is 0 Å². The lowest BCUT2D eigenvalue weighted by Crippen LogP contribution is -2.30. The van der Waals surface area contributed by atoms with Crippen molar-refractivity contribution in [2.45, 2.75) is 207 Å². The van der Waals surface area contributed by atoms with Crippen molar-refractivity contribution in [3.05, 3.63) is 134 Å². The maximum Gasteiger partial charge on any atom is 0.306 e. The Kier molecular flexibility index (Phi) is 48.6. The second-order valence-corrected chi connectivity index (χ2v) is 16.3. The van der Waals surface area contributed by atoms with Crippen LogP contribution in [0.5, 0.6) is 0 Å². The molecule has 0 amide bonds. The van der Waals surface area contributed by atoms with Gasteiger partial charge in [-0.05, 0) is 122 Å². The second-order valence-electron chi connectivity index (χ2n) is 16.3. The standard InChI is InChI=1S/C59H92O6/c1-4-7-10-13-16-19-22-25-27-29-31-34-37-40-43-46-49-52-58(61)64-55-56(54-63-57(60)51-48-45-42-39-36-33-24-21-18-15-12-9-6-3)65-59(62)53-50-47-44-41-38-35-32-30-28-26-23-20-17-14-11-8-5-2/h7-8,10-11,16-17,19-21,24-28,31-32,34-35,40-41,43-44,56H,4-6,9,12-15,18,22-23,29-30,33,36-39,42,45-55H2,1-3H3/b10-7-,11-8-,19-16-,20-17-,24-21-,27-25-,28-26-,34-31-,35-32-,43-40-,44-41-. The predicted octanol–water partition coefficient (Wildman–Crippen LogP) is 17.1. The smallest absolute Gasteiger partial charge is 0.306 e. The molecule has 0 aliphatic heterocycles. The molecule has 0 N–H and O–H groups in total. The fraction of sp³-hybridized carbons (Fsp3) is 0.576. The summed E-state index contributed by atoms with van der Waals surface area (Å²) in [6.07, 6.45) is 73.0. The minimum absolute atomic E-state index is 0.128. The number of carbonyl (C=O) groups is 3. The van der Waals surface area contributed by atoms with Gasteiger partial charge in [0.1, 0.15) is 13.2 Å². The molecule has 0 bridgehead atoms. The van der Waals surface area contributed by atoms with E-state index in [4.69, 9.17) is 14.2 Å². The summed E-state index contributed by atoms with van der Waals surface area (Å²) in [5, 5.41) is 0. The van der Waals surface area contributed by atoms with Crippen molar-refractivity contribution in [3.63, 3.8) is 0 Å². The minimum Gasteiger partial charge on any atom is -0.462 e. The molecule has 0 spiro atoms. The van der Waals surface area contributed by atoms with Crippen molar-refractivity contribution in [3.8, 4) is 0 Å². The van der Waals surface area contributed by atoms with Crippen LogP contribution in [0.3, 0.4) is 0 Å². The summed E-state index contributed by atoms with van der Waals surface area (Å²) in [6.45, 7) is 6.26. The van der Waals surface area contributed by atoms with E-state index in [0.29, 0.717) is 19.3 Å². The van der Waals surface area contributed by atoms with Crippen molar-refractivity contribution in [1.29, 1.82) is 0 Å². The van der Waals surface area contributed by atoms with Crippen molar-refractivity contribution < 1.29 is 28.6 Å². The van der Waals surface area contributed by atoms with Gasteiger partial charge in [-0.1, -0.05) is 193 Å². The Morgan fingerprint density at radius 3 is 1.02 bits per heavy atom. The van der Waals surface area contributed by atoms with E-state index in [-0.39, 0.29) is 44.0 Å². The Hall–Kier alpha value is -4.45. The lowest BCUT2D eigenvalue weighted by atomic mass is 10.1. The first-order chi connectivity index (χ1) is 32.0. The summed E-state index contributed by atoms with van der Waals surface area (Å²) < 4.78 is 16.7. The van der Waals surface area contributed by atoms with Gasteiger partial charge in [0.2, 0.25) is 0 Å². The first kappa shape index (κ1) is 60.5. The van der Waals surface area contributed by atoms with Crippen LogP contribution in [0.1, 0.15) is 201 Å². The summed E-state index contributed by atoms with van der Waals surface area (Å²) in [7, 11) is 0. The Balaban J connectivity index is 4.61. The third-order valence-corrected chi connectivity index (χ3v) is 10.1. The molecular formula is C59H92O6. The minimum atomic E-state index is -0.838. The normalized spacial score (nSPS) is 13.2. The van der Waals surface area contributed by atoms with E-state index in [0.717, 1.165) is 109 Å². The Morgan fingerprint density at radius 2 is 0.615 bits per heavy atom. The van der Waals surface area contributed by atoms with Gasteiger partial charge in [0.25, 0.3) is 0 Å². The van der Waals surface area contributed by atoms with Crippen molar-refractivity contribution >= 4 is 17.9 Å². The number of carbonyl (C=O) groups excluding carboxylic acids is 3. The molecule has 0 radical (unpaired) electrons. The van der Waals surface area contributed by atoms with Crippen molar-refractivity contribution in [2.24, 2.45) is 0 Å². The highest BCUT2D eigenvalue weighted by molar-refractivity contribution is 5.71. The van der Waals surface area contributed by atoms with Gasteiger partial charge in [-0.15, -0.1) is 0 Å². The SMILES string of the molecule is CC/C=C\C/C=C\C/C=C\C/C=C\C/C=C\CCCC(=O)OCC(COC(=O)CCCCCCC/C=C\CCCCCC)OC(=O)CCC/C=C\C/C=C\C/C=C\C/C=C\C/C=C\CC. The zero-order chi connectivity index (χ0) is 47.2. The molecule has 6 heteroatoms. The van der Waals surface area contributed by atoms with E-state index in [9.17, 15) is 14.4 Å². The molecule has 1 unspecified atom stereocenters. The van der Waals surface area contributed by atoms with Gasteiger partial charge < -0.3 is 14.2 Å². The highest BCUT2D eigenvalue weighted by Crippen LogP contribution is 2.11. The number of hydrogen-bond donors (Lipinski definition) is 0.